The average molecular weight is 270 g/mol. The van der Waals surface area contributed by atoms with Gasteiger partial charge in [0, 0.05) is 5.41 Å². The molecule has 0 saturated heterocycles. The molecule has 3 heteroatoms. The van der Waals surface area contributed by atoms with Gasteiger partial charge in [-0.2, -0.15) is 0 Å². The Morgan fingerprint density at radius 1 is 1.10 bits per heavy atom. The second-order valence-corrected chi connectivity index (χ2v) is 5.09. The van der Waals surface area contributed by atoms with E-state index in [1.54, 1.807) is 12.1 Å². The zero-order valence-electron chi connectivity index (χ0n) is 11.6. The molecule has 0 aliphatic rings. The monoisotopic (exact) mass is 270 g/mol. The van der Waals surface area contributed by atoms with Crippen molar-refractivity contribution in [2.75, 3.05) is 0 Å². The normalized spacial score (nSPS) is 13.7. The summed E-state index contributed by atoms with van der Waals surface area (Å²) < 4.78 is 0. The maximum Gasteiger partial charge on any atom is 0.339 e. The van der Waals surface area contributed by atoms with Gasteiger partial charge in [0.05, 0.1) is 0 Å². The highest BCUT2D eigenvalue weighted by molar-refractivity contribution is 5.91. The first-order valence-corrected chi connectivity index (χ1v) is 6.61. The Balaban J connectivity index is 2.58. The van der Waals surface area contributed by atoms with Crippen molar-refractivity contribution in [3.8, 4) is 5.75 Å². The molecule has 2 aromatic rings. The van der Waals surface area contributed by atoms with Gasteiger partial charge < -0.3 is 10.2 Å². The summed E-state index contributed by atoms with van der Waals surface area (Å²) in [7, 11) is 0. The van der Waals surface area contributed by atoms with Gasteiger partial charge in [0.2, 0.25) is 0 Å². The summed E-state index contributed by atoms with van der Waals surface area (Å²) in [5.74, 6) is -1.32. The number of phenols is 1. The van der Waals surface area contributed by atoms with E-state index in [9.17, 15) is 9.90 Å². The van der Waals surface area contributed by atoms with E-state index in [4.69, 9.17) is 5.11 Å². The Morgan fingerprint density at radius 3 is 2.30 bits per heavy atom. The summed E-state index contributed by atoms with van der Waals surface area (Å²) in [5, 5.41) is 18.8. The van der Waals surface area contributed by atoms with E-state index >= 15 is 0 Å². The molecule has 0 saturated carbocycles. The SMILES string of the molecule is CCC(C)(c1ccccc1)c1ccc(O)c(C(=O)O)c1. The second-order valence-electron chi connectivity index (χ2n) is 5.09. The van der Waals surface area contributed by atoms with Crippen LogP contribution >= 0.6 is 0 Å². The molecule has 104 valence electrons. The first kappa shape index (κ1) is 14.1. The van der Waals surface area contributed by atoms with Crippen molar-refractivity contribution in [3.63, 3.8) is 0 Å². The topological polar surface area (TPSA) is 57.5 Å². The maximum atomic E-state index is 11.2. The highest BCUT2D eigenvalue weighted by Gasteiger charge is 2.28. The Bertz CT molecular complexity index is 619. The zero-order valence-corrected chi connectivity index (χ0v) is 11.6. The van der Waals surface area contributed by atoms with Gasteiger partial charge >= 0.3 is 5.97 Å². The number of carboxylic acids is 1. The molecule has 2 rings (SSSR count). The lowest BCUT2D eigenvalue weighted by molar-refractivity contribution is 0.0693. The van der Waals surface area contributed by atoms with E-state index < -0.39 is 5.97 Å². The minimum Gasteiger partial charge on any atom is -0.507 e. The van der Waals surface area contributed by atoms with E-state index in [0.29, 0.717) is 0 Å². The van der Waals surface area contributed by atoms with E-state index in [1.165, 1.54) is 6.07 Å². The van der Waals surface area contributed by atoms with Gasteiger partial charge in [0.25, 0.3) is 0 Å². The van der Waals surface area contributed by atoms with E-state index in [1.807, 2.05) is 30.3 Å². The lowest BCUT2D eigenvalue weighted by atomic mass is 9.74. The Hall–Kier alpha value is -2.29. The minimum atomic E-state index is -1.11. The molecule has 0 amide bonds. The van der Waals surface area contributed by atoms with E-state index in [-0.39, 0.29) is 16.7 Å². The predicted octanol–water partition coefficient (Wildman–Crippen LogP) is 3.81. The molecule has 2 N–H and O–H groups in total. The fourth-order valence-corrected chi connectivity index (χ4v) is 2.43. The van der Waals surface area contributed by atoms with Gasteiger partial charge in [-0.25, -0.2) is 4.79 Å². The van der Waals surface area contributed by atoms with Crippen molar-refractivity contribution < 1.29 is 15.0 Å². The van der Waals surface area contributed by atoms with Crippen molar-refractivity contribution >= 4 is 5.97 Å². The van der Waals surface area contributed by atoms with Crippen LogP contribution in [-0.4, -0.2) is 16.2 Å². The van der Waals surface area contributed by atoms with Crippen LogP contribution in [0.4, 0.5) is 0 Å². The summed E-state index contributed by atoms with van der Waals surface area (Å²) >= 11 is 0. The minimum absolute atomic E-state index is 0.0573. The molecule has 2 aromatic carbocycles. The number of carboxylic acid groups (broad SMARTS) is 1. The predicted molar refractivity (Wildman–Crippen MR) is 78.3 cm³/mol. The molecule has 0 spiro atoms. The largest absolute Gasteiger partial charge is 0.507 e. The molecular weight excluding hydrogens is 252 g/mol. The molecule has 0 heterocycles. The summed E-state index contributed by atoms with van der Waals surface area (Å²) in [6.45, 7) is 4.15. The van der Waals surface area contributed by atoms with Gasteiger partial charge in [-0.05, 0) is 29.7 Å². The Labute approximate surface area is 118 Å². The van der Waals surface area contributed by atoms with Crippen molar-refractivity contribution in [2.24, 2.45) is 0 Å². The average Bonchev–Trinajstić information content (AvgIpc) is 2.47. The number of hydrogen-bond acceptors (Lipinski definition) is 2. The van der Waals surface area contributed by atoms with Crippen LogP contribution in [0.3, 0.4) is 0 Å². The Kier molecular flexibility index (Phi) is 3.79. The Morgan fingerprint density at radius 2 is 1.75 bits per heavy atom. The van der Waals surface area contributed by atoms with E-state index in [0.717, 1.165) is 17.5 Å². The number of benzene rings is 2. The molecule has 0 fully saturated rings. The molecule has 0 radical (unpaired) electrons. The number of hydrogen-bond donors (Lipinski definition) is 2. The van der Waals surface area contributed by atoms with Crippen molar-refractivity contribution in [3.05, 3.63) is 65.2 Å². The lowest BCUT2D eigenvalue weighted by Crippen LogP contribution is -2.23. The lowest BCUT2D eigenvalue weighted by Gasteiger charge is -2.30. The van der Waals surface area contributed by atoms with Crippen molar-refractivity contribution in [1.29, 1.82) is 0 Å². The van der Waals surface area contributed by atoms with Crippen molar-refractivity contribution in [1.82, 2.24) is 0 Å². The quantitative estimate of drug-likeness (QED) is 0.888. The molecular formula is C17H18O3. The highest BCUT2D eigenvalue weighted by atomic mass is 16.4. The third kappa shape index (κ3) is 2.39. The van der Waals surface area contributed by atoms with Crippen LogP contribution in [0.5, 0.6) is 5.75 Å². The summed E-state index contributed by atoms with van der Waals surface area (Å²) in [4.78, 5) is 11.2. The summed E-state index contributed by atoms with van der Waals surface area (Å²) in [6.07, 6.45) is 0.834. The molecule has 1 atom stereocenters. The van der Waals surface area contributed by atoms with Crippen LogP contribution in [0.2, 0.25) is 0 Å². The zero-order chi connectivity index (χ0) is 14.8. The molecule has 20 heavy (non-hydrogen) atoms. The third-order valence-corrected chi connectivity index (χ3v) is 3.98. The molecule has 1 unspecified atom stereocenters. The van der Waals surface area contributed by atoms with Crippen LogP contribution in [0.25, 0.3) is 0 Å². The molecule has 3 nitrogen and oxygen atoms in total. The number of aromatic hydroxyl groups is 1. The van der Waals surface area contributed by atoms with Crippen LogP contribution in [0.1, 0.15) is 41.8 Å². The van der Waals surface area contributed by atoms with Gasteiger partial charge in [0.1, 0.15) is 11.3 Å². The molecule has 0 aliphatic heterocycles. The standard InChI is InChI=1S/C17H18O3/c1-3-17(2,12-7-5-4-6-8-12)13-9-10-15(18)14(11-13)16(19)20/h4-11,18H,3H2,1-2H3,(H,19,20). The van der Waals surface area contributed by atoms with Crippen LogP contribution < -0.4 is 0 Å². The number of rotatable bonds is 4. The molecule has 0 aromatic heterocycles. The van der Waals surface area contributed by atoms with Gasteiger partial charge in [0.15, 0.2) is 0 Å². The van der Waals surface area contributed by atoms with Gasteiger partial charge in [-0.15, -0.1) is 0 Å². The van der Waals surface area contributed by atoms with Gasteiger partial charge in [-0.1, -0.05) is 50.2 Å². The molecule has 0 bridgehead atoms. The number of carbonyl (C=O) groups is 1. The van der Waals surface area contributed by atoms with Crippen LogP contribution in [0.15, 0.2) is 48.5 Å². The summed E-state index contributed by atoms with van der Waals surface area (Å²) in [5.41, 5.74) is 1.68. The van der Waals surface area contributed by atoms with E-state index in [2.05, 4.69) is 13.8 Å². The first-order chi connectivity index (χ1) is 9.49. The maximum absolute atomic E-state index is 11.2. The van der Waals surface area contributed by atoms with Crippen molar-refractivity contribution in [2.45, 2.75) is 25.7 Å². The summed E-state index contributed by atoms with van der Waals surface area (Å²) in [6, 6.07) is 14.8. The molecule has 0 aliphatic carbocycles. The van der Waals surface area contributed by atoms with Crippen LogP contribution in [0, 0.1) is 0 Å². The first-order valence-electron chi connectivity index (χ1n) is 6.61. The van der Waals surface area contributed by atoms with Gasteiger partial charge in [-0.3, -0.25) is 0 Å². The fourth-order valence-electron chi connectivity index (χ4n) is 2.43. The highest BCUT2D eigenvalue weighted by Crippen LogP contribution is 2.36. The number of aromatic carboxylic acids is 1. The van der Waals surface area contributed by atoms with Crippen LogP contribution in [-0.2, 0) is 5.41 Å². The smallest absolute Gasteiger partial charge is 0.339 e. The second kappa shape index (κ2) is 5.37. The fraction of sp³-hybridized carbons (Fsp3) is 0.235. The third-order valence-electron chi connectivity index (χ3n) is 3.98.